The van der Waals surface area contributed by atoms with E-state index in [1.54, 1.807) is 44.6 Å². The van der Waals surface area contributed by atoms with Gasteiger partial charge in [-0.1, -0.05) is 54.6 Å². The van der Waals surface area contributed by atoms with Crippen molar-refractivity contribution in [2.24, 2.45) is 0 Å². The van der Waals surface area contributed by atoms with Crippen molar-refractivity contribution in [3.8, 4) is 11.5 Å². The van der Waals surface area contributed by atoms with Gasteiger partial charge in [-0.25, -0.2) is 0 Å². The summed E-state index contributed by atoms with van der Waals surface area (Å²) >= 11 is 0. The zero-order valence-electron chi connectivity index (χ0n) is 24.9. The number of hydrogen-bond acceptors (Lipinski definition) is 5. The second kappa shape index (κ2) is 13.0. The van der Waals surface area contributed by atoms with Gasteiger partial charge in [0.15, 0.2) is 11.5 Å². The fourth-order valence-electron chi connectivity index (χ4n) is 5.69. The number of nitrogens with one attached hydrogen (secondary N) is 2. The number of nitrogens with zero attached hydrogens (tertiary/aromatic N) is 1. The third-order valence-corrected chi connectivity index (χ3v) is 8.16. The van der Waals surface area contributed by atoms with Gasteiger partial charge in [-0.3, -0.25) is 14.5 Å². The minimum Gasteiger partial charge on any atom is -0.493 e. The van der Waals surface area contributed by atoms with Crippen LogP contribution in [0.25, 0.3) is 10.8 Å². The van der Waals surface area contributed by atoms with Crippen molar-refractivity contribution in [2.75, 3.05) is 37.9 Å². The van der Waals surface area contributed by atoms with Gasteiger partial charge in [0.05, 0.1) is 25.5 Å². The van der Waals surface area contributed by atoms with Crippen molar-refractivity contribution in [3.05, 3.63) is 131 Å². The highest BCUT2D eigenvalue weighted by molar-refractivity contribution is 6.13. The fraction of sp³-hybridized carbons (Fsp3) is 0.189. The number of carbonyl (C=O) groups is 2. The molecule has 1 heterocycles. The largest absolute Gasteiger partial charge is 0.493 e. The van der Waals surface area contributed by atoms with Crippen LogP contribution in [0, 0.1) is 0 Å². The van der Waals surface area contributed by atoms with Gasteiger partial charge in [-0.05, 0) is 88.8 Å². The first-order valence-corrected chi connectivity index (χ1v) is 14.8. The van der Waals surface area contributed by atoms with E-state index in [0.29, 0.717) is 22.5 Å². The molecule has 2 N–H and O–H groups in total. The zero-order valence-corrected chi connectivity index (χ0v) is 24.9. The molecule has 0 saturated heterocycles. The second-order valence-corrected chi connectivity index (χ2v) is 11.0. The molecule has 0 saturated carbocycles. The third-order valence-electron chi connectivity index (χ3n) is 8.16. The lowest BCUT2D eigenvalue weighted by Crippen LogP contribution is -2.32. The first kappa shape index (κ1) is 29.0. The molecule has 6 rings (SSSR count). The standard InChI is InChI=1S/C37H35N3O4/c1-43-34-22-28-18-20-40(24-30(28)23-35(34)44-2)19-17-25-11-15-31(16-12-25)38-37(42)32-9-5-6-10-33(32)39-36(41)29-14-13-26-7-3-4-8-27(26)21-29/h3-16,21-23H,17-20,24H2,1-2H3,(H,38,42)(H,39,41). The number of ether oxygens (including phenoxy) is 2. The Morgan fingerprint density at radius 2 is 1.43 bits per heavy atom. The Morgan fingerprint density at radius 3 is 2.20 bits per heavy atom. The summed E-state index contributed by atoms with van der Waals surface area (Å²) in [7, 11) is 3.34. The van der Waals surface area contributed by atoms with E-state index in [9.17, 15) is 9.59 Å². The molecule has 0 atom stereocenters. The molecule has 0 bridgehead atoms. The van der Waals surface area contributed by atoms with Gasteiger partial charge in [0.1, 0.15) is 0 Å². The van der Waals surface area contributed by atoms with E-state index < -0.39 is 0 Å². The zero-order chi connectivity index (χ0) is 30.5. The highest BCUT2D eigenvalue weighted by Crippen LogP contribution is 2.33. The Bertz CT molecular complexity index is 1820. The van der Waals surface area contributed by atoms with Gasteiger partial charge in [0, 0.05) is 30.9 Å². The first-order chi connectivity index (χ1) is 21.5. The predicted molar refractivity (Wildman–Crippen MR) is 175 cm³/mol. The number of methoxy groups -OCH3 is 2. The minimum absolute atomic E-state index is 0.267. The Hall–Kier alpha value is -5.14. The molecule has 0 unspecified atom stereocenters. The Balaban J connectivity index is 1.06. The van der Waals surface area contributed by atoms with Crippen LogP contribution in [0.4, 0.5) is 11.4 Å². The van der Waals surface area contributed by atoms with Gasteiger partial charge in [0.25, 0.3) is 11.8 Å². The summed E-state index contributed by atoms with van der Waals surface area (Å²) in [6.45, 7) is 2.80. The highest BCUT2D eigenvalue weighted by Gasteiger charge is 2.20. The number of amides is 2. The van der Waals surface area contributed by atoms with Crippen molar-refractivity contribution in [1.29, 1.82) is 0 Å². The quantitative estimate of drug-likeness (QED) is 0.196. The van der Waals surface area contributed by atoms with E-state index >= 15 is 0 Å². The molecular formula is C37H35N3O4. The topological polar surface area (TPSA) is 79.9 Å². The third kappa shape index (κ3) is 6.43. The summed E-state index contributed by atoms with van der Waals surface area (Å²) in [6, 6.07) is 32.6. The molecule has 1 aliphatic rings. The van der Waals surface area contributed by atoms with Crippen LogP contribution in [0.5, 0.6) is 11.5 Å². The molecule has 44 heavy (non-hydrogen) atoms. The van der Waals surface area contributed by atoms with E-state index in [1.807, 2.05) is 48.5 Å². The number of anilines is 2. The van der Waals surface area contributed by atoms with E-state index in [2.05, 4.69) is 39.8 Å². The summed E-state index contributed by atoms with van der Waals surface area (Å²) in [6.07, 6.45) is 1.88. The lowest BCUT2D eigenvalue weighted by atomic mass is 9.98. The van der Waals surface area contributed by atoms with Crippen molar-refractivity contribution in [3.63, 3.8) is 0 Å². The van der Waals surface area contributed by atoms with Gasteiger partial charge >= 0.3 is 0 Å². The Labute approximate surface area is 257 Å². The molecule has 5 aromatic rings. The molecule has 0 spiro atoms. The van der Waals surface area contributed by atoms with Crippen LogP contribution >= 0.6 is 0 Å². The molecule has 0 radical (unpaired) electrons. The summed E-state index contributed by atoms with van der Waals surface area (Å²) in [5.74, 6) is 0.990. The van der Waals surface area contributed by atoms with Gasteiger partial charge in [0.2, 0.25) is 0 Å². The van der Waals surface area contributed by atoms with Crippen LogP contribution in [0.15, 0.2) is 103 Å². The maximum Gasteiger partial charge on any atom is 0.257 e. The SMILES string of the molecule is COc1cc2c(cc1OC)CN(CCc1ccc(NC(=O)c3ccccc3NC(=O)c3ccc4ccccc4c3)cc1)CC2. The number of fused-ring (bicyclic) bond motifs is 2. The van der Waals surface area contributed by atoms with Crippen LogP contribution < -0.4 is 20.1 Å². The molecular weight excluding hydrogens is 550 g/mol. The maximum absolute atomic E-state index is 13.2. The van der Waals surface area contributed by atoms with Crippen LogP contribution in [0.2, 0.25) is 0 Å². The number of para-hydroxylation sites is 1. The molecule has 222 valence electrons. The fourth-order valence-corrected chi connectivity index (χ4v) is 5.69. The van der Waals surface area contributed by atoms with Crippen molar-refractivity contribution in [1.82, 2.24) is 4.90 Å². The summed E-state index contributed by atoms with van der Waals surface area (Å²) in [4.78, 5) is 28.8. The summed E-state index contributed by atoms with van der Waals surface area (Å²) < 4.78 is 11.0. The smallest absolute Gasteiger partial charge is 0.257 e. The van der Waals surface area contributed by atoms with E-state index in [4.69, 9.17) is 9.47 Å². The van der Waals surface area contributed by atoms with E-state index in [-0.39, 0.29) is 11.8 Å². The lowest BCUT2D eigenvalue weighted by molar-refractivity contribution is 0.102. The molecule has 0 aromatic heterocycles. The molecule has 7 nitrogen and oxygen atoms in total. The molecule has 2 amide bonds. The lowest BCUT2D eigenvalue weighted by Gasteiger charge is -2.29. The van der Waals surface area contributed by atoms with Crippen LogP contribution in [-0.4, -0.2) is 44.0 Å². The van der Waals surface area contributed by atoms with E-state index in [0.717, 1.165) is 54.7 Å². The number of benzene rings is 5. The Morgan fingerprint density at radius 1 is 0.727 bits per heavy atom. The van der Waals surface area contributed by atoms with Crippen LogP contribution in [0.1, 0.15) is 37.4 Å². The van der Waals surface area contributed by atoms with Gasteiger partial charge in [-0.2, -0.15) is 0 Å². The average Bonchev–Trinajstić information content (AvgIpc) is 3.07. The predicted octanol–water partition coefficient (Wildman–Crippen LogP) is 6.96. The number of rotatable bonds is 9. The maximum atomic E-state index is 13.2. The second-order valence-electron chi connectivity index (χ2n) is 11.0. The van der Waals surface area contributed by atoms with Crippen molar-refractivity contribution >= 4 is 34.0 Å². The van der Waals surface area contributed by atoms with Crippen LogP contribution in [-0.2, 0) is 19.4 Å². The van der Waals surface area contributed by atoms with Gasteiger partial charge < -0.3 is 20.1 Å². The van der Waals surface area contributed by atoms with Gasteiger partial charge in [-0.15, -0.1) is 0 Å². The molecule has 0 fully saturated rings. The molecule has 0 aliphatic carbocycles. The van der Waals surface area contributed by atoms with Crippen LogP contribution in [0.3, 0.4) is 0 Å². The summed E-state index contributed by atoms with van der Waals surface area (Å²) in [5.41, 5.74) is 5.87. The highest BCUT2D eigenvalue weighted by atomic mass is 16.5. The monoisotopic (exact) mass is 585 g/mol. The number of carbonyl (C=O) groups excluding carboxylic acids is 2. The van der Waals surface area contributed by atoms with Crippen molar-refractivity contribution in [2.45, 2.75) is 19.4 Å². The number of hydrogen-bond donors (Lipinski definition) is 2. The first-order valence-electron chi connectivity index (χ1n) is 14.8. The minimum atomic E-state index is -0.286. The normalized spacial score (nSPS) is 12.8. The van der Waals surface area contributed by atoms with E-state index in [1.165, 1.54) is 16.7 Å². The average molecular weight is 586 g/mol. The Kier molecular flexibility index (Phi) is 8.57. The molecule has 7 heteroatoms. The van der Waals surface area contributed by atoms with Crippen molar-refractivity contribution < 1.29 is 19.1 Å². The molecule has 1 aliphatic heterocycles. The molecule has 5 aromatic carbocycles. The summed E-state index contributed by atoms with van der Waals surface area (Å²) in [5, 5.41) is 7.94.